The van der Waals surface area contributed by atoms with Crippen molar-refractivity contribution >= 4 is 25.8 Å². The van der Waals surface area contributed by atoms with Crippen LogP contribution in [0, 0.1) is 0 Å². The zero-order valence-corrected chi connectivity index (χ0v) is 8.62. The van der Waals surface area contributed by atoms with E-state index < -0.39 is 0 Å². The molecule has 0 aliphatic rings. The normalized spacial score (nSPS) is 5.54. The Morgan fingerprint density at radius 1 is 0.538 bits per heavy atom. The summed E-state index contributed by atoms with van der Waals surface area (Å²) in [7, 11) is 0. The molecule has 4 N–H and O–H groups in total. The van der Waals surface area contributed by atoms with Gasteiger partial charge in [-0.3, -0.25) is 0 Å². The summed E-state index contributed by atoms with van der Waals surface area (Å²) in [5.74, 6) is 0. The summed E-state index contributed by atoms with van der Waals surface area (Å²) in [6.07, 6.45) is 0. The van der Waals surface area contributed by atoms with E-state index in [1.807, 2.05) is 0 Å². The first-order valence-corrected chi connectivity index (χ1v) is 4.09. The van der Waals surface area contributed by atoms with Crippen molar-refractivity contribution in [2.75, 3.05) is 26.4 Å². The standard InChI is InChI=1S/4C2H6O.In.3H/c4*1-2-3;;;;/h4*3H,2H2,1H3;;;;. The molecule has 0 saturated heterocycles. The zero-order chi connectivity index (χ0) is 10.8. The predicted octanol–water partition coefficient (Wildman–Crippen LogP) is -1.19. The second-order valence-electron chi connectivity index (χ2n) is 1.26. The van der Waals surface area contributed by atoms with Gasteiger partial charge in [0.05, 0.1) is 0 Å². The SMILES string of the molecule is CCO.CCO.CCO.CCO.[InH3]. The Morgan fingerprint density at radius 2 is 0.538 bits per heavy atom. The minimum absolute atomic E-state index is 0. The van der Waals surface area contributed by atoms with Crippen LogP contribution in [-0.4, -0.2) is 72.7 Å². The summed E-state index contributed by atoms with van der Waals surface area (Å²) in [4.78, 5) is 0. The van der Waals surface area contributed by atoms with E-state index in [-0.39, 0.29) is 52.3 Å². The Morgan fingerprint density at radius 3 is 0.538 bits per heavy atom. The number of aliphatic hydroxyl groups is 4. The molecule has 0 aliphatic heterocycles. The summed E-state index contributed by atoms with van der Waals surface area (Å²) >= 11 is 0. The third-order valence-electron chi connectivity index (χ3n) is 0. The quantitative estimate of drug-likeness (QED) is 0.454. The molecule has 0 atom stereocenters. The van der Waals surface area contributed by atoms with Crippen LogP contribution in [-0.2, 0) is 0 Å². The van der Waals surface area contributed by atoms with Gasteiger partial charge in [-0.05, 0) is 27.7 Å². The molecular formula is C8H27InO4. The van der Waals surface area contributed by atoms with Gasteiger partial charge in [-0.1, -0.05) is 0 Å². The molecule has 0 rings (SSSR count). The predicted molar refractivity (Wildman–Crippen MR) is 61.0 cm³/mol. The van der Waals surface area contributed by atoms with Crippen molar-refractivity contribution in [3.05, 3.63) is 0 Å². The summed E-state index contributed by atoms with van der Waals surface area (Å²) in [5, 5.41) is 30.3. The summed E-state index contributed by atoms with van der Waals surface area (Å²) in [6, 6.07) is 0. The molecule has 0 aliphatic carbocycles. The van der Waals surface area contributed by atoms with Crippen molar-refractivity contribution in [2.24, 2.45) is 0 Å². The Hall–Kier alpha value is 0.710. The number of rotatable bonds is 0. The molecule has 0 spiro atoms. The van der Waals surface area contributed by atoms with Crippen molar-refractivity contribution in [2.45, 2.75) is 27.7 Å². The second-order valence-corrected chi connectivity index (χ2v) is 1.26. The van der Waals surface area contributed by atoms with Crippen molar-refractivity contribution in [3.8, 4) is 0 Å². The molecule has 0 unspecified atom stereocenters. The number of hydrogen-bond acceptors (Lipinski definition) is 4. The van der Waals surface area contributed by atoms with E-state index >= 15 is 0 Å². The first-order valence-electron chi connectivity index (χ1n) is 4.09. The van der Waals surface area contributed by atoms with E-state index in [9.17, 15) is 0 Å². The fourth-order valence-electron chi connectivity index (χ4n) is 0. The molecule has 0 bridgehead atoms. The average Bonchev–Trinajstić information content (AvgIpc) is 1.92. The summed E-state index contributed by atoms with van der Waals surface area (Å²) in [5.41, 5.74) is 0. The van der Waals surface area contributed by atoms with E-state index in [4.69, 9.17) is 20.4 Å². The monoisotopic (exact) mass is 302 g/mol. The molecular weight excluding hydrogens is 275 g/mol. The molecule has 0 saturated carbocycles. The van der Waals surface area contributed by atoms with Gasteiger partial charge in [-0.25, -0.2) is 0 Å². The maximum absolute atomic E-state index is 7.57. The van der Waals surface area contributed by atoms with Crippen LogP contribution >= 0.6 is 0 Å². The summed E-state index contributed by atoms with van der Waals surface area (Å²) in [6.45, 7) is 7.72. The fraction of sp³-hybridized carbons (Fsp3) is 1.00. The van der Waals surface area contributed by atoms with Gasteiger partial charge in [0.2, 0.25) is 0 Å². The van der Waals surface area contributed by atoms with E-state index in [0.29, 0.717) is 0 Å². The van der Waals surface area contributed by atoms with Gasteiger partial charge >= 0.3 is 25.8 Å². The molecule has 0 fully saturated rings. The van der Waals surface area contributed by atoms with Gasteiger partial charge in [0, 0.05) is 26.4 Å². The zero-order valence-electron chi connectivity index (χ0n) is 8.62. The molecule has 13 heavy (non-hydrogen) atoms. The van der Waals surface area contributed by atoms with E-state index in [1.54, 1.807) is 27.7 Å². The van der Waals surface area contributed by atoms with Crippen molar-refractivity contribution in [1.82, 2.24) is 0 Å². The number of aliphatic hydroxyl groups excluding tert-OH is 4. The Balaban J connectivity index is -0.0000000213. The van der Waals surface area contributed by atoms with Crippen LogP contribution in [0.1, 0.15) is 27.7 Å². The molecule has 0 amide bonds. The number of hydrogen-bond donors (Lipinski definition) is 4. The molecule has 0 aromatic carbocycles. The van der Waals surface area contributed by atoms with Crippen LogP contribution in [0.25, 0.3) is 0 Å². The van der Waals surface area contributed by atoms with Crippen LogP contribution < -0.4 is 0 Å². The third-order valence-corrected chi connectivity index (χ3v) is 0. The van der Waals surface area contributed by atoms with Gasteiger partial charge in [-0.15, -0.1) is 0 Å². The van der Waals surface area contributed by atoms with Crippen molar-refractivity contribution in [1.29, 1.82) is 0 Å². The molecule has 5 heteroatoms. The molecule has 86 valence electrons. The first-order chi connectivity index (χ1) is 5.66. The topological polar surface area (TPSA) is 80.9 Å². The molecule has 0 radical (unpaired) electrons. The van der Waals surface area contributed by atoms with E-state index in [2.05, 4.69) is 0 Å². The van der Waals surface area contributed by atoms with Crippen LogP contribution in [0.2, 0.25) is 0 Å². The van der Waals surface area contributed by atoms with Gasteiger partial charge in [0.15, 0.2) is 0 Å². The summed E-state index contributed by atoms with van der Waals surface area (Å²) < 4.78 is 0. The Kier molecular flexibility index (Phi) is 176. The van der Waals surface area contributed by atoms with E-state index in [1.165, 1.54) is 0 Å². The van der Waals surface area contributed by atoms with Gasteiger partial charge in [0.25, 0.3) is 0 Å². The van der Waals surface area contributed by atoms with Crippen LogP contribution in [0.3, 0.4) is 0 Å². The minimum atomic E-state index is 0. The molecule has 4 nitrogen and oxygen atoms in total. The molecule has 0 heterocycles. The fourth-order valence-corrected chi connectivity index (χ4v) is 0. The van der Waals surface area contributed by atoms with Gasteiger partial charge in [-0.2, -0.15) is 0 Å². The van der Waals surface area contributed by atoms with E-state index in [0.717, 1.165) is 0 Å². The first kappa shape index (κ1) is 29.2. The average molecular weight is 302 g/mol. The Labute approximate surface area is 100 Å². The van der Waals surface area contributed by atoms with Gasteiger partial charge < -0.3 is 20.4 Å². The third kappa shape index (κ3) is 2890. The maximum atomic E-state index is 7.57. The van der Waals surface area contributed by atoms with Crippen LogP contribution in [0.5, 0.6) is 0 Å². The van der Waals surface area contributed by atoms with Crippen molar-refractivity contribution < 1.29 is 20.4 Å². The van der Waals surface area contributed by atoms with Gasteiger partial charge in [0.1, 0.15) is 0 Å². The van der Waals surface area contributed by atoms with Crippen LogP contribution in [0.15, 0.2) is 0 Å². The second kappa shape index (κ2) is 78.6. The Bertz CT molecular complexity index is 24.1. The van der Waals surface area contributed by atoms with Crippen molar-refractivity contribution in [3.63, 3.8) is 0 Å². The molecule has 0 aromatic rings. The molecule has 0 aromatic heterocycles. The van der Waals surface area contributed by atoms with Crippen LogP contribution in [0.4, 0.5) is 0 Å².